The average molecular weight is 370 g/mol. The first-order valence-corrected chi connectivity index (χ1v) is 9.13. The largest absolute Gasteiger partial charge is 0.334 e. The summed E-state index contributed by atoms with van der Waals surface area (Å²) in [5.41, 5.74) is 3.01. The van der Waals surface area contributed by atoms with Gasteiger partial charge >= 0.3 is 0 Å². The van der Waals surface area contributed by atoms with Gasteiger partial charge in [-0.2, -0.15) is 0 Å². The van der Waals surface area contributed by atoms with E-state index in [1.54, 1.807) is 4.57 Å². The standard InChI is InChI=1S/C19H16ClN3OS/c1-13-7-8-15(10-16(13)20)22-11-21-19-23(12-22)18(24)17(25-19)9-14-5-3-2-4-6-14/h2-10H,11-12H2,1H3/b17-9-. The summed E-state index contributed by atoms with van der Waals surface area (Å²) >= 11 is 7.67. The number of benzene rings is 2. The van der Waals surface area contributed by atoms with E-state index in [2.05, 4.69) is 4.99 Å². The number of rotatable bonds is 2. The minimum atomic E-state index is -0.00416. The summed E-state index contributed by atoms with van der Waals surface area (Å²) in [6.45, 7) is 2.97. The zero-order valence-electron chi connectivity index (χ0n) is 13.6. The molecule has 0 fully saturated rings. The molecule has 4 nitrogen and oxygen atoms in total. The number of aryl methyl sites for hydroxylation is 1. The maximum atomic E-state index is 12.7. The molecule has 4 rings (SSSR count). The van der Waals surface area contributed by atoms with Crippen LogP contribution in [0, 0.1) is 6.92 Å². The molecule has 6 heteroatoms. The average Bonchev–Trinajstić information content (AvgIpc) is 2.94. The van der Waals surface area contributed by atoms with E-state index >= 15 is 0 Å². The Hall–Kier alpha value is -2.37. The molecular weight excluding hydrogens is 354 g/mol. The van der Waals surface area contributed by atoms with Crippen molar-refractivity contribution in [3.05, 3.63) is 84.4 Å². The fraction of sp³-hybridized carbons (Fsp3) is 0.158. The maximum Gasteiger partial charge on any atom is 0.271 e. The zero-order chi connectivity index (χ0) is 17.4. The Morgan fingerprint density at radius 1 is 1.20 bits per heavy atom. The molecule has 1 aliphatic rings. The number of anilines is 1. The van der Waals surface area contributed by atoms with Crippen LogP contribution in [0.4, 0.5) is 5.69 Å². The van der Waals surface area contributed by atoms with Crippen molar-refractivity contribution in [2.45, 2.75) is 13.6 Å². The number of aromatic nitrogens is 1. The molecule has 2 aromatic carbocycles. The molecule has 0 bridgehead atoms. The van der Waals surface area contributed by atoms with Crippen molar-refractivity contribution < 1.29 is 0 Å². The monoisotopic (exact) mass is 369 g/mol. The zero-order valence-corrected chi connectivity index (χ0v) is 15.2. The number of hydrogen-bond acceptors (Lipinski definition) is 4. The Kier molecular flexibility index (Phi) is 4.19. The Bertz CT molecular complexity index is 1100. The van der Waals surface area contributed by atoms with Crippen LogP contribution in [0.3, 0.4) is 0 Å². The summed E-state index contributed by atoms with van der Waals surface area (Å²) in [5, 5.41) is 0.721. The molecule has 0 N–H and O–H groups in total. The van der Waals surface area contributed by atoms with Crippen molar-refractivity contribution in [2.75, 3.05) is 11.6 Å². The molecule has 0 atom stereocenters. The SMILES string of the molecule is Cc1ccc(N2CN=c3s/c(=C\c4ccccc4)c(=O)n3C2)cc1Cl. The van der Waals surface area contributed by atoms with Crippen molar-refractivity contribution in [2.24, 2.45) is 4.99 Å². The molecule has 0 saturated heterocycles. The number of thiazole rings is 1. The van der Waals surface area contributed by atoms with Gasteiger partial charge in [-0.3, -0.25) is 9.36 Å². The quantitative estimate of drug-likeness (QED) is 0.696. The molecule has 0 unspecified atom stereocenters. The van der Waals surface area contributed by atoms with Crippen molar-refractivity contribution in [3.8, 4) is 0 Å². The predicted molar refractivity (Wildman–Crippen MR) is 103 cm³/mol. The number of fused-ring (bicyclic) bond motifs is 1. The molecule has 0 amide bonds. The predicted octanol–water partition coefficient (Wildman–Crippen LogP) is 2.76. The molecule has 25 heavy (non-hydrogen) atoms. The van der Waals surface area contributed by atoms with Crippen LogP contribution in [-0.4, -0.2) is 11.2 Å². The highest BCUT2D eigenvalue weighted by atomic mass is 35.5. The molecule has 2 heterocycles. The number of halogens is 1. The van der Waals surface area contributed by atoms with Crippen LogP contribution in [0.25, 0.3) is 6.08 Å². The van der Waals surface area contributed by atoms with Gasteiger partial charge in [0, 0.05) is 10.7 Å². The van der Waals surface area contributed by atoms with E-state index in [0.717, 1.165) is 26.6 Å². The van der Waals surface area contributed by atoms with Gasteiger partial charge < -0.3 is 4.90 Å². The fourth-order valence-electron chi connectivity index (χ4n) is 2.75. The normalized spacial score (nSPS) is 14.3. The minimum absolute atomic E-state index is 0.00416. The van der Waals surface area contributed by atoms with Crippen molar-refractivity contribution >= 4 is 34.7 Å². The lowest BCUT2D eigenvalue weighted by Gasteiger charge is -2.26. The second-order valence-corrected chi connectivity index (χ2v) is 7.37. The van der Waals surface area contributed by atoms with E-state index in [1.807, 2.05) is 66.4 Å². The molecule has 0 aliphatic carbocycles. The summed E-state index contributed by atoms with van der Waals surface area (Å²) in [6.07, 6.45) is 1.92. The van der Waals surface area contributed by atoms with E-state index in [-0.39, 0.29) is 5.56 Å². The van der Waals surface area contributed by atoms with Gasteiger partial charge in [-0.25, -0.2) is 4.99 Å². The van der Waals surface area contributed by atoms with Gasteiger partial charge in [0.25, 0.3) is 5.56 Å². The van der Waals surface area contributed by atoms with Gasteiger partial charge in [-0.1, -0.05) is 59.3 Å². The Balaban J connectivity index is 1.72. The van der Waals surface area contributed by atoms with Gasteiger partial charge in [-0.15, -0.1) is 0 Å². The Morgan fingerprint density at radius 3 is 2.76 bits per heavy atom. The third-order valence-electron chi connectivity index (χ3n) is 4.19. The van der Waals surface area contributed by atoms with Crippen molar-refractivity contribution in [1.82, 2.24) is 4.57 Å². The van der Waals surface area contributed by atoms with Gasteiger partial charge in [0.2, 0.25) is 0 Å². The molecule has 0 radical (unpaired) electrons. The third kappa shape index (κ3) is 3.13. The third-order valence-corrected chi connectivity index (χ3v) is 5.65. The first-order valence-electron chi connectivity index (χ1n) is 7.94. The van der Waals surface area contributed by atoms with Gasteiger partial charge in [-0.05, 0) is 36.3 Å². The van der Waals surface area contributed by atoms with Crippen molar-refractivity contribution in [1.29, 1.82) is 0 Å². The lowest BCUT2D eigenvalue weighted by molar-refractivity contribution is 0.569. The van der Waals surface area contributed by atoms with Crippen LogP contribution in [0.2, 0.25) is 5.02 Å². The van der Waals surface area contributed by atoms with Crippen molar-refractivity contribution in [3.63, 3.8) is 0 Å². The molecule has 1 aromatic heterocycles. The first kappa shape index (κ1) is 16.1. The summed E-state index contributed by atoms with van der Waals surface area (Å²) < 4.78 is 2.42. The van der Waals surface area contributed by atoms with E-state index in [9.17, 15) is 4.79 Å². The highest BCUT2D eigenvalue weighted by Crippen LogP contribution is 2.23. The number of nitrogens with zero attached hydrogens (tertiary/aromatic N) is 3. The van der Waals surface area contributed by atoms with Gasteiger partial charge in [0.1, 0.15) is 13.3 Å². The summed E-state index contributed by atoms with van der Waals surface area (Å²) in [4.78, 5) is 20.1. The number of hydrogen-bond donors (Lipinski definition) is 0. The topological polar surface area (TPSA) is 37.6 Å². The molecule has 0 spiro atoms. The molecule has 0 saturated carbocycles. The smallest absolute Gasteiger partial charge is 0.271 e. The van der Waals surface area contributed by atoms with E-state index < -0.39 is 0 Å². The van der Waals surface area contributed by atoms with Crippen LogP contribution >= 0.6 is 22.9 Å². The summed E-state index contributed by atoms with van der Waals surface area (Å²) in [5.74, 6) is 0. The molecule has 1 aliphatic heterocycles. The van der Waals surface area contributed by atoms with Crippen LogP contribution < -0.4 is 19.8 Å². The second-order valence-electron chi connectivity index (χ2n) is 5.95. The van der Waals surface area contributed by atoms with Crippen LogP contribution in [-0.2, 0) is 6.67 Å². The van der Waals surface area contributed by atoms with E-state index in [1.165, 1.54) is 11.3 Å². The molecular formula is C19H16ClN3OS. The minimum Gasteiger partial charge on any atom is -0.334 e. The van der Waals surface area contributed by atoms with Gasteiger partial charge in [0.05, 0.1) is 4.53 Å². The van der Waals surface area contributed by atoms with Crippen LogP contribution in [0.15, 0.2) is 58.3 Å². The van der Waals surface area contributed by atoms with Crippen LogP contribution in [0.1, 0.15) is 11.1 Å². The lowest BCUT2D eigenvalue weighted by atomic mass is 10.2. The van der Waals surface area contributed by atoms with E-state index in [0.29, 0.717) is 17.9 Å². The Labute approximate surface area is 153 Å². The van der Waals surface area contributed by atoms with E-state index in [4.69, 9.17) is 11.6 Å². The Morgan fingerprint density at radius 2 is 2.00 bits per heavy atom. The highest BCUT2D eigenvalue weighted by molar-refractivity contribution is 7.07. The lowest BCUT2D eigenvalue weighted by Crippen LogP contribution is -2.42. The summed E-state index contributed by atoms with van der Waals surface area (Å²) in [7, 11) is 0. The highest BCUT2D eigenvalue weighted by Gasteiger charge is 2.16. The first-order chi connectivity index (χ1) is 12.1. The van der Waals surface area contributed by atoms with Gasteiger partial charge in [0.15, 0.2) is 4.80 Å². The molecule has 3 aromatic rings. The maximum absolute atomic E-state index is 12.7. The second kappa shape index (κ2) is 6.50. The fourth-order valence-corrected chi connectivity index (χ4v) is 3.89. The van der Waals surface area contributed by atoms with Crippen LogP contribution in [0.5, 0.6) is 0 Å². The molecule has 126 valence electrons. The summed E-state index contributed by atoms with van der Waals surface area (Å²) in [6, 6.07) is 15.8.